The van der Waals surface area contributed by atoms with Gasteiger partial charge in [0.15, 0.2) is 5.82 Å². The van der Waals surface area contributed by atoms with Gasteiger partial charge in [-0.15, -0.1) is 0 Å². The molecular weight excluding hydrogens is 242 g/mol. The van der Waals surface area contributed by atoms with Crippen LogP contribution in [0.25, 0.3) is 16.5 Å². The number of aromatic amines is 1. The fourth-order valence-electron chi connectivity index (χ4n) is 2.15. The van der Waals surface area contributed by atoms with Crippen LogP contribution < -0.4 is 5.56 Å². The first kappa shape index (κ1) is 11.5. The molecular formula is C14H11N3O2. The second-order valence-electron chi connectivity index (χ2n) is 4.29. The van der Waals surface area contributed by atoms with Gasteiger partial charge in [0.05, 0.1) is 17.5 Å². The third-order valence-corrected chi connectivity index (χ3v) is 3.06. The van der Waals surface area contributed by atoms with E-state index in [2.05, 4.69) is 16.0 Å². The van der Waals surface area contributed by atoms with Gasteiger partial charge in [0, 0.05) is 6.42 Å². The fraction of sp³-hybridized carbons (Fsp3) is 0.214. The molecule has 5 heteroatoms. The van der Waals surface area contributed by atoms with Crippen LogP contribution in [0.2, 0.25) is 0 Å². The first-order chi connectivity index (χ1) is 9.29. The Morgan fingerprint density at radius 3 is 3.00 bits per heavy atom. The summed E-state index contributed by atoms with van der Waals surface area (Å²) in [5.41, 5.74) is 0.653. The third-order valence-electron chi connectivity index (χ3n) is 3.06. The Labute approximate surface area is 109 Å². The zero-order valence-electron chi connectivity index (χ0n) is 10.1. The molecule has 94 valence electrons. The summed E-state index contributed by atoms with van der Waals surface area (Å²) in [5.74, 6) is 0.893. The molecule has 0 atom stereocenters. The molecule has 1 fully saturated rings. The van der Waals surface area contributed by atoms with Crippen LogP contribution in [0, 0.1) is 11.3 Å². The lowest BCUT2D eigenvalue weighted by Crippen LogP contribution is -2.11. The maximum Gasteiger partial charge on any atom is 0.259 e. The lowest BCUT2D eigenvalue weighted by atomic mass is 10.1. The Hall–Kier alpha value is -2.61. The van der Waals surface area contributed by atoms with Crippen molar-refractivity contribution in [3.05, 3.63) is 46.2 Å². The van der Waals surface area contributed by atoms with E-state index < -0.39 is 0 Å². The van der Waals surface area contributed by atoms with E-state index in [-0.39, 0.29) is 11.4 Å². The summed E-state index contributed by atoms with van der Waals surface area (Å²) in [6.45, 7) is 0.609. The number of nitrogens with zero attached hydrogens (tertiary/aromatic N) is 2. The van der Waals surface area contributed by atoms with Gasteiger partial charge in [-0.1, -0.05) is 12.1 Å². The Bertz CT molecular complexity index is 760. The number of rotatable bonds is 1. The summed E-state index contributed by atoms with van der Waals surface area (Å²) in [6, 6.07) is 9.12. The van der Waals surface area contributed by atoms with Gasteiger partial charge < -0.3 is 9.72 Å². The minimum absolute atomic E-state index is 0.244. The molecule has 2 aromatic rings. The van der Waals surface area contributed by atoms with Gasteiger partial charge in [-0.25, -0.2) is 4.98 Å². The Morgan fingerprint density at radius 1 is 1.42 bits per heavy atom. The van der Waals surface area contributed by atoms with Gasteiger partial charge in [0.2, 0.25) is 0 Å². The first-order valence-corrected chi connectivity index (χ1v) is 6.05. The second kappa shape index (κ2) is 4.58. The third kappa shape index (κ3) is 1.97. The van der Waals surface area contributed by atoms with Crippen molar-refractivity contribution in [2.75, 3.05) is 6.61 Å². The number of fused-ring (bicyclic) bond motifs is 1. The molecule has 0 saturated carbocycles. The van der Waals surface area contributed by atoms with Crippen molar-refractivity contribution in [1.82, 2.24) is 9.97 Å². The number of nitriles is 1. The average Bonchev–Trinajstić information content (AvgIpc) is 2.94. The molecule has 3 rings (SSSR count). The summed E-state index contributed by atoms with van der Waals surface area (Å²) in [6.07, 6.45) is 1.59. The van der Waals surface area contributed by atoms with Gasteiger partial charge in [0.25, 0.3) is 5.56 Å². The molecule has 1 aromatic carbocycles. The summed E-state index contributed by atoms with van der Waals surface area (Å²) in [5, 5.41) is 9.77. The molecule has 1 saturated heterocycles. The van der Waals surface area contributed by atoms with Crippen LogP contribution in [0.3, 0.4) is 0 Å². The summed E-state index contributed by atoms with van der Waals surface area (Å²) in [7, 11) is 0. The van der Waals surface area contributed by atoms with Gasteiger partial charge >= 0.3 is 0 Å². The second-order valence-corrected chi connectivity index (χ2v) is 4.29. The van der Waals surface area contributed by atoms with Crippen LogP contribution in [0.5, 0.6) is 0 Å². The van der Waals surface area contributed by atoms with Gasteiger partial charge in [-0.2, -0.15) is 5.26 Å². The molecule has 0 radical (unpaired) electrons. The van der Waals surface area contributed by atoms with E-state index >= 15 is 0 Å². The standard InChI is InChI=1S/C14H11N3O2/c15-8-10(12-6-3-7-19-12)13-16-11-5-2-1-4-9(11)14(18)17-13/h1-2,4-5H,3,6-7H2,(H,16,17,18)/b12-10+. The monoisotopic (exact) mass is 253 g/mol. The molecule has 0 unspecified atom stereocenters. The normalized spacial score (nSPS) is 17.0. The quantitative estimate of drug-likeness (QED) is 0.788. The molecule has 1 aromatic heterocycles. The number of allylic oxidation sites excluding steroid dienone is 2. The Balaban J connectivity index is 2.23. The highest BCUT2D eigenvalue weighted by atomic mass is 16.5. The number of ether oxygens (including phenoxy) is 1. The zero-order chi connectivity index (χ0) is 13.2. The van der Waals surface area contributed by atoms with Crippen molar-refractivity contribution < 1.29 is 4.74 Å². The molecule has 0 spiro atoms. The van der Waals surface area contributed by atoms with Crippen LogP contribution in [-0.4, -0.2) is 16.6 Å². The highest BCUT2D eigenvalue weighted by molar-refractivity contribution is 5.81. The van der Waals surface area contributed by atoms with E-state index in [9.17, 15) is 10.1 Å². The van der Waals surface area contributed by atoms with E-state index in [1.165, 1.54) is 0 Å². The number of para-hydroxylation sites is 1. The topological polar surface area (TPSA) is 78.8 Å². The number of benzene rings is 1. The average molecular weight is 253 g/mol. The number of aromatic nitrogens is 2. The molecule has 19 heavy (non-hydrogen) atoms. The van der Waals surface area contributed by atoms with Crippen LogP contribution in [0.4, 0.5) is 0 Å². The Morgan fingerprint density at radius 2 is 2.26 bits per heavy atom. The van der Waals surface area contributed by atoms with Crippen LogP contribution in [0.15, 0.2) is 34.8 Å². The summed E-state index contributed by atoms with van der Waals surface area (Å²) in [4.78, 5) is 19.0. The van der Waals surface area contributed by atoms with E-state index in [1.807, 2.05) is 6.07 Å². The van der Waals surface area contributed by atoms with Crippen LogP contribution in [0.1, 0.15) is 18.7 Å². The van der Waals surface area contributed by atoms with E-state index in [0.29, 0.717) is 35.3 Å². The number of nitrogens with one attached hydrogen (secondary N) is 1. The minimum Gasteiger partial charge on any atom is -0.496 e. The Kier molecular flexibility index (Phi) is 2.76. The maximum absolute atomic E-state index is 12.0. The molecule has 1 aliphatic heterocycles. The van der Waals surface area contributed by atoms with Gasteiger partial charge in [0.1, 0.15) is 17.4 Å². The number of hydrogen-bond donors (Lipinski definition) is 1. The zero-order valence-corrected chi connectivity index (χ0v) is 10.1. The van der Waals surface area contributed by atoms with Crippen molar-refractivity contribution in [1.29, 1.82) is 5.26 Å². The maximum atomic E-state index is 12.0. The molecule has 0 bridgehead atoms. The number of H-pyrrole nitrogens is 1. The van der Waals surface area contributed by atoms with Gasteiger partial charge in [-0.05, 0) is 18.6 Å². The van der Waals surface area contributed by atoms with Crippen molar-refractivity contribution in [2.24, 2.45) is 0 Å². The highest BCUT2D eigenvalue weighted by Gasteiger charge is 2.18. The molecule has 0 amide bonds. The molecule has 0 aliphatic carbocycles. The van der Waals surface area contributed by atoms with Crippen LogP contribution in [-0.2, 0) is 4.74 Å². The molecule has 1 N–H and O–H groups in total. The summed E-state index contributed by atoms with van der Waals surface area (Å²) >= 11 is 0. The molecule has 5 nitrogen and oxygen atoms in total. The number of hydrogen-bond acceptors (Lipinski definition) is 4. The predicted molar refractivity (Wildman–Crippen MR) is 70.1 cm³/mol. The van der Waals surface area contributed by atoms with Crippen molar-refractivity contribution in [2.45, 2.75) is 12.8 Å². The molecule has 2 heterocycles. The van der Waals surface area contributed by atoms with E-state index in [1.54, 1.807) is 18.2 Å². The van der Waals surface area contributed by atoms with Crippen molar-refractivity contribution in [3.8, 4) is 6.07 Å². The minimum atomic E-state index is -0.244. The van der Waals surface area contributed by atoms with Crippen molar-refractivity contribution in [3.63, 3.8) is 0 Å². The van der Waals surface area contributed by atoms with Gasteiger partial charge in [-0.3, -0.25) is 4.79 Å². The van der Waals surface area contributed by atoms with Crippen molar-refractivity contribution >= 4 is 16.5 Å². The summed E-state index contributed by atoms with van der Waals surface area (Å²) < 4.78 is 5.41. The fourth-order valence-corrected chi connectivity index (χ4v) is 2.15. The van der Waals surface area contributed by atoms with E-state index in [4.69, 9.17) is 4.74 Å². The first-order valence-electron chi connectivity index (χ1n) is 6.05. The largest absolute Gasteiger partial charge is 0.496 e. The lowest BCUT2D eigenvalue weighted by Gasteiger charge is -2.04. The highest BCUT2D eigenvalue weighted by Crippen LogP contribution is 2.24. The van der Waals surface area contributed by atoms with Crippen LogP contribution >= 0.6 is 0 Å². The molecule has 1 aliphatic rings. The SMILES string of the molecule is N#C/C(=C1/CCCO1)c1nc2ccccc2c(=O)[nH]1. The predicted octanol–water partition coefficient (Wildman–Crippen LogP) is 1.97. The lowest BCUT2D eigenvalue weighted by molar-refractivity contribution is 0.265. The van der Waals surface area contributed by atoms with E-state index in [0.717, 1.165) is 6.42 Å². The smallest absolute Gasteiger partial charge is 0.259 e.